The molecule has 7 heteroatoms. The zero-order valence-corrected chi connectivity index (χ0v) is 13.3. The van der Waals surface area contributed by atoms with Crippen molar-refractivity contribution in [3.05, 3.63) is 23.3 Å². The van der Waals surface area contributed by atoms with E-state index in [4.69, 9.17) is 10.6 Å². The SMILES string of the molecule is Cc1cc(NN)cc(C)c1S(=O)(=O)NCC1CCCCO1. The molecule has 118 valence electrons. The van der Waals surface area contributed by atoms with Gasteiger partial charge in [0.1, 0.15) is 0 Å². The summed E-state index contributed by atoms with van der Waals surface area (Å²) < 4.78 is 33.2. The molecule has 0 amide bonds. The first-order valence-corrected chi connectivity index (χ1v) is 8.61. The minimum absolute atomic E-state index is 0.0286. The highest BCUT2D eigenvalue weighted by Gasteiger charge is 2.22. The molecule has 4 N–H and O–H groups in total. The molecule has 1 heterocycles. The molecular weight excluding hydrogens is 290 g/mol. The van der Waals surface area contributed by atoms with Crippen LogP contribution in [0.3, 0.4) is 0 Å². The molecule has 0 saturated carbocycles. The summed E-state index contributed by atoms with van der Waals surface area (Å²) in [6.07, 6.45) is 3.01. The first-order valence-electron chi connectivity index (χ1n) is 7.13. The van der Waals surface area contributed by atoms with Crippen molar-refractivity contribution in [2.45, 2.75) is 44.1 Å². The van der Waals surface area contributed by atoms with Gasteiger partial charge in [0.05, 0.1) is 11.0 Å². The van der Waals surface area contributed by atoms with E-state index >= 15 is 0 Å². The van der Waals surface area contributed by atoms with E-state index in [9.17, 15) is 8.42 Å². The smallest absolute Gasteiger partial charge is 0.241 e. The van der Waals surface area contributed by atoms with Gasteiger partial charge in [0, 0.05) is 18.8 Å². The van der Waals surface area contributed by atoms with E-state index in [0.717, 1.165) is 19.3 Å². The van der Waals surface area contributed by atoms with Crippen molar-refractivity contribution in [1.82, 2.24) is 4.72 Å². The molecule has 0 bridgehead atoms. The molecule has 1 aromatic carbocycles. The molecule has 1 saturated heterocycles. The number of ether oxygens (including phenoxy) is 1. The van der Waals surface area contributed by atoms with Gasteiger partial charge < -0.3 is 10.2 Å². The molecule has 0 aliphatic carbocycles. The third-order valence-corrected chi connectivity index (χ3v) is 5.40. The highest BCUT2D eigenvalue weighted by Crippen LogP contribution is 2.24. The van der Waals surface area contributed by atoms with Crippen molar-refractivity contribution in [1.29, 1.82) is 0 Å². The Hall–Kier alpha value is -1.15. The van der Waals surface area contributed by atoms with Crippen LogP contribution in [0.2, 0.25) is 0 Å². The van der Waals surface area contributed by atoms with Gasteiger partial charge in [-0.3, -0.25) is 5.84 Å². The summed E-state index contributed by atoms with van der Waals surface area (Å²) in [5.41, 5.74) is 4.56. The van der Waals surface area contributed by atoms with Crippen LogP contribution in [0.25, 0.3) is 0 Å². The average Bonchev–Trinajstić information content (AvgIpc) is 2.45. The number of aryl methyl sites for hydroxylation is 2. The first kappa shape index (κ1) is 16.2. The van der Waals surface area contributed by atoms with Crippen LogP contribution in [-0.4, -0.2) is 27.7 Å². The van der Waals surface area contributed by atoms with E-state index in [1.165, 1.54) is 0 Å². The normalized spacial score (nSPS) is 19.5. The zero-order chi connectivity index (χ0) is 15.5. The molecule has 1 aromatic rings. The largest absolute Gasteiger partial charge is 0.377 e. The average molecular weight is 313 g/mol. The molecular formula is C14H23N3O3S. The number of nitrogen functional groups attached to an aromatic ring is 1. The Bertz CT molecular complexity index is 572. The number of hydrazine groups is 1. The lowest BCUT2D eigenvalue weighted by molar-refractivity contribution is 0.0200. The van der Waals surface area contributed by atoms with Gasteiger partial charge in [0.2, 0.25) is 10.0 Å². The summed E-state index contributed by atoms with van der Waals surface area (Å²) in [5, 5.41) is 0. The monoisotopic (exact) mass is 313 g/mol. The van der Waals surface area contributed by atoms with Crippen molar-refractivity contribution < 1.29 is 13.2 Å². The van der Waals surface area contributed by atoms with Crippen molar-refractivity contribution in [2.24, 2.45) is 5.84 Å². The topological polar surface area (TPSA) is 93.5 Å². The van der Waals surface area contributed by atoms with Crippen molar-refractivity contribution in [3.8, 4) is 0 Å². The highest BCUT2D eigenvalue weighted by molar-refractivity contribution is 7.89. The van der Waals surface area contributed by atoms with E-state index in [2.05, 4.69) is 10.1 Å². The summed E-state index contributed by atoms with van der Waals surface area (Å²) in [4.78, 5) is 0.317. The number of hydrogen-bond acceptors (Lipinski definition) is 5. The summed E-state index contributed by atoms with van der Waals surface area (Å²) in [5.74, 6) is 5.37. The maximum absolute atomic E-state index is 12.5. The van der Waals surface area contributed by atoms with Crippen LogP contribution in [0, 0.1) is 13.8 Å². The van der Waals surface area contributed by atoms with Gasteiger partial charge in [-0.25, -0.2) is 13.1 Å². The minimum Gasteiger partial charge on any atom is -0.377 e. The molecule has 1 unspecified atom stereocenters. The lowest BCUT2D eigenvalue weighted by atomic mass is 10.1. The van der Waals surface area contributed by atoms with Gasteiger partial charge in [-0.15, -0.1) is 0 Å². The summed E-state index contributed by atoms with van der Waals surface area (Å²) in [7, 11) is -3.54. The maximum atomic E-state index is 12.5. The molecule has 6 nitrogen and oxygen atoms in total. The molecule has 0 radical (unpaired) electrons. The van der Waals surface area contributed by atoms with E-state index in [1.54, 1.807) is 26.0 Å². The van der Waals surface area contributed by atoms with Crippen LogP contribution in [0.5, 0.6) is 0 Å². The minimum atomic E-state index is -3.54. The molecule has 21 heavy (non-hydrogen) atoms. The summed E-state index contributed by atoms with van der Waals surface area (Å²) >= 11 is 0. The number of rotatable bonds is 5. The van der Waals surface area contributed by atoms with Crippen LogP contribution in [-0.2, 0) is 14.8 Å². The van der Waals surface area contributed by atoms with Crippen molar-refractivity contribution in [3.63, 3.8) is 0 Å². The van der Waals surface area contributed by atoms with Crippen LogP contribution in [0.4, 0.5) is 5.69 Å². The van der Waals surface area contributed by atoms with Gasteiger partial charge in [0.25, 0.3) is 0 Å². The Labute approximate surface area is 126 Å². The first-order chi connectivity index (χ1) is 9.94. The van der Waals surface area contributed by atoms with E-state index < -0.39 is 10.0 Å². The Balaban J connectivity index is 2.15. The summed E-state index contributed by atoms with van der Waals surface area (Å²) in [6.45, 7) is 4.55. The molecule has 2 rings (SSSR count). The van der Waals surface area contributed by atoms with Crippen LogP contribution in [0.1, 0.15) is 30.4 Å². The Morgan fingerprint density at radius 2 is 1.95 bits per heavy atom. The highest BCUT2D eigenvalue weighted by atomic mass is 32.2. The quantitative estimate of drug-likeness (QED) is 0.565. The van der Waals surface area contributed by atoms with Gasteiger partial charge in [-0.05, 0) is 56.4 Å². The predicted molar refractivity (Wildman–Crippen MR) is 82.5 cm³/mol. The lowest BCUT2D eigenvalue weighted by Gasteiger charge is -2.23. The Morgan fingerprint density at radius 3 is 2.48 bits per heavy atom. The van der Waals surface area contributed by atoms with Crippen LogP contribution in [0.15, 0.2) is 17.0 Å². The number of hydrogen-bond donors (Lipinski definition) is 3. The van der Waals surface area contributed by atoms with Crippen molar-refractivity contribution in [2.75, 3.05) is 18.6 Å². The third-order valence-electron chi connectivity index (χ3n) is 3.67. The molecule has 0 spiro atoms. The van der Waals surface area contributed by atoms with Crippen LogP contribution < -0.4 is 16.0 Å². The van der Waals surface area contributed by atoms with E-state index in [0.29, 0.717) is 34.9 Å². The fourth-order valence-electron chi connectivity index (χ4n) is 2.70. The molecule has 1 aliphatic heterocycles. The number of benzene rings is 1. The predicted octanol–water partition coefficient (Wildman–Crippen LogP) is 1.44. The standard InChI is InChI=1S/C14H23N3O3S/c1-10-7-12(17-15)8-11(2)14(10)21(18,19)16-9-13-5-3-4-6-20-13/h7-8,13,16-17H,3-6,9,15H2,1-2H3. The van der Waals surface area contributed by atoms with E-state index in [-0.39, 0.29) is 6.10 Å². The van der Waals surface area contributed by atoms with Gasteiger partial charge in [-0.1, -0.05) is 0 Å². The third kappa shape index (κ3) is 3.94. The van der Waals surface area contributed by atoms with Gasteiger partial charge >= 0.3 is 0 Å². The zero-order valence-electron chi connectivity index (χ0n) is 12.5. The summed E-state index contributed by atoms with van der Waals surface area (Å²) in [6, 6.07) is 3.44. The molecule has 1 fully saturated rings. The fraction of sp³-hybridized carbons (Fsp3) is 0.571. The second-order valence-corrected chi connectivity index (χ2v) is 7.13. The number of nitrogens with two attached hydrogens (primary N) is 1. The number of anilines is 1. The van der Waals surface area contributed by atoms with Gasteiger partial charge in [0.15, 0.2) is 0 Å². The van der Waals surface area contributed by atoms with Gasteiger partial charge in [-0.2, -0.15) is 0 Å². The second kappa shape index (κ2) is 6.74. The Morgan fingerprint density at radius 1 is 1.29 bits per heavy atom. The molecule has 1 aliphatic rings. The molecule has 1 atom stereocenters. The second-order valence-electron chi connectivity index (χ2n) is 5.42. The van der Waals surface area contributed by atoms with Crippen molar-refractivity contribution >= 4 is 15.7 Å². The lowest BCUT2D eigenvalue weighted by Crippen LogP contribution is -2.36. The number of nitrogens with one attached hydrogen (secondary N) is 2. The van der Waals surface area contributed by atoms with Crippen LogP contribution >= 0.6 is 0 Å². The number of sulfonamides is 1. The maximum Gasteiger partial charge on any atom is 0.241 e. The Kier molecular flexibility index (Phi) is 5.21. The fourth-order valence-corrected chi connectivity index (χ4v) is 4.22. The van der Waals surface area contributed by atoms with E-state index in [1.807, 2.05) is 0 Å². The molecule has 0 aromatic heterocycles.